The molecule has 116 valence electrons. The van der Waals surface area contributed by atoms with Crippen molar-refractivity contribution in [2.75, 3.05) is 0 Å². The molecule has 0 saturated carbocycles. The average molecular weight is 302 g/mol. The second-order valence-electron chi connectivity index (χ2n) is 4.81. The van der Waals surface area contributed by atoms with Gasteiger partial charge in [-0.2, -0.15) is 13.2 Å². The predicted octanol–water partition coefficient (Wildman–Crippen LogP) is 2.34. The van der Waals surface area contributed by atoms with Crippen molar-refractivity contribution in [1.29, 1.82) is 0 Å². The third kappa shape index (κ3) is 4.47. The summed E-state index contributed by atoms with van der Waals surface area (Å²) in [6.45, 7) is 3.59. The summed E-state index contributed by atoms with van der Waals surface area (Å²) >= 11 is 0. The first-order chi connectivity index (χ1) is 9.66. The lowest BCUT2D eigenvalue weighted by Gasteiger charge is -2.21. The van der Waals surface area contributed by atoms with E-state index in [-0.39, 0.29) is 11.5 Å². The fraction of sp³-hybridized carbons (Fsp3) is 0.429. The highest BCUT2D eigenvalue weighted by molar-refractivity contribution is 5.97. The van der Waals surface area contributed by atoms with Gasteiger partial charge in [0.1, 0.15) is 6.04 Å². The van der Waals surface area contributed by atoms with Crippen LogP contribution in [-0.4, -0.2) is 17.9 Å². The van der Waals surface area contributed by atoms with Gasteiger partial charge in [-0.15, -0.1) is 0 Å². The zero-order valence-electron chi connectivity index (χ0n) is 11.7. The zero-order chi connectivity index (χ0) is 16.2. The highest BCUT2D eigenvalue weighted by Gasteiger charge is 2.30. The van der Waals surface area contributed by atoms with Crippen molar-refractivity contribution in [3.63, 3.8) is 0 Å². The number of halogens is 3. The smallest absolute Gasteiger partial charge is 0.368 e. The van der Waals surface area contributed by atoms with E-state index in [1.165, 1.54) is 0 Å². The summed E-state index contributed by atoms with van der Waals surface area (Å²) in [7, 11) is 0. The summed E-state index contributed by atoms with van der Waals surface area (Å²) in [5.41, 5.74) is 4.42. The fourth-order valence-electron chi connectivity index (χ4n) is 1.76. The summed E-state index contributed by atoms with van der Waals surface area (Å²) in [6.07, 6.45) is -3.83. The van der Waals surface area contributed by atoms with Crippen molar-refractivity contribution in [3.8, 4) is 0 Å². The van der Waals surface area contributed by atoms with Gasteiger partial charge in [0.15, 0.2) is 0 Å². The van der Waals surface area contributed by atoms with Gasteiger partial charge in [0.05, 0.1) is 5.56 Å². The Balaban J connectivity index is 2.86. The van der Waals surface area contributed by atoms with Gasteiger partial charge >= 0.3 is 6.18 Å². The largest absolute Gasteiger partial charge is 0.416 e. The normalized spacial score (nSPS) is 14.3. The molecule has 0 bridgehead atoms. The standard InChI is InChI=1S/C14H17F3N2O2/c1-3-8(2)11(12(18)20)19-13(21)9-4-6-10(7-5-9)14(15,16)17/h4-8,11H,3H2,1-2H3,(H2,18,20)(H,19,21)/t8-,11+/m0/s1. The Labute approximate surface area is 120 Å². The lowest BCUT2D eigenvalue weighted by molar-refractivity contribution is -0.137. The minimum atomic E-state index is -4.46. The minimum Gasteiger partial charge on any atom is -0.368 e. The Morgan fingerprint density at radius 1 is 1.24 bits per heavy atom. The van der Waals surface area contributed by atoms with E-state index in [1.54, 1.807) is 6.92 Å². The van der Waals surface area contributed by atoms with Crippen LogP contribution in [0, 0.1) is 5.92 Å². The molecule has 1 rings (SSSR count). The van der Waals surface area contributed by atoms with Crippen molar-refractivity contribution in [3.05, 3.63) is 35.4 Å². The number of carbonyl (C=O) groups is 2. The Bertz CT molecular complexity index is 512. The molecule has 0 saturated heterocycles. The molecule has 1 aromatic carbocycles. The monoisotopic (exact) mass is 302 g/mol. The highest BCUT2D eigenvalue weighted by Crippen LogP contribution is 2.29. The van der Waals surface area contributed by atoms with E-state index in [9.17, 15) is 22.8 Å². The molecule has 0 heterocycles. The Kier molecular flexibility index (Phi) is 5.34. The summed E-state index contributed by atoms with van der Waals surface area (Å²) in [4.78, 5) is 23.3. The molecule has 0 aliphatic carbocycles. The van der Waals surface area contributed by atoms with Crippen molar-refractivity contribution in [2.24, 2.45) is 11.7 Å². The SMILES string of the molecule is CC[C@H](C)[C@@H](NC(=O)c1ccc(C(F)(F)F)cc1)C(N)=O. The average Bonchev–Trinajstić information content (AvgIpc) is 2.42. The number of nitrogens with two attached hydrogens (primary N) is 1. The first-order valence-corrected chi connectivity index (χ1v) is 6.44. The number of alkyl halides is 3. The van der Waals surface area contributed by atoms with Crippen LogP contribution in [0.15, 0.2) is 24.3 Å². The maximum Gasteiger partial charge on any atom is 0.416 e. The van der Waals surface area contributed by atoms with Crippen LogP contribution in [0.3, 0.4) is 0 Å². The number of hydrogen-bond acceptors (Lipinski definition) is 2. The van der Waals surface area contributed by atoms with Gasteiger partial charge in [-0.3, -0.25) is 9.59 Å². The topological polar surface area (TPSA) is 72.2 Å². The summed E-state index contributed by atoms with van der Waals surface area (Å²) < 4.78 is 37.3. The Hall–Kier alpha value is -2.05. The van der Waals surface area contributed by atoms with E-state index < -0.39 is 29.6 Å². The second kappa shape index (κ2) is 6.60. The van der Waals surface area contributed by atoms with E-state index >= 15 is 0 Å². The van der Waals surface area contributed by atoms with Crippen LogP contribution in [0.5, 0.6) is 0 Å². The summed E-state index contributed by atoms with van der Waals surface area (Å²) in [6, 6.07) is 2.90. The molecule has 4 nitrogen and oxygen atoms in total. The second-order valence-corrected chi connectivity index (χ2v) is 4.81. The number of carbonyl (C=O) groups excluding carboxylic acids is 2. The van der Waals surface area contributed by atoms with Crippen molar-refractivity contribution >= 4 is 11.8 Å². The highest BCUT2D eigenvalue weighted by atomic mass is 19.4. The Morgan fingerprint density at radius 2 is 1.76 bits per heavy atom. The van der Waals surface area contributed by atoms with Crippen LogP contribution < -0.4 is 11.1 Å². The van der Waals surface area contributed by atoms with Gasteiger partial charge < -0.3 is 11.1 Å². The van der Waals surface area contributed by atoms with E-state index in [2.05, 4.69) is 5.32 Å². The molecule has 2 amide bonds. The van der Waals surface area contributed by atoms with Gasteiger partial charge in [0.25, 0.3) is 5.91 Å². The number of primary amides is 1. The number of hydrogen-bond donors (Lipinski definition) is 2. The third-order valence-electron chi connectivity index (χ3n) is 3.28. The van der Waals surface area contributed by atoms with Gasteiger partial charge in [-0.25, -0.2) is 0 Å². The van der Waals surface area contributed by atoms with Crippen molar-refractivity contribution in [2.45, 2.75) is 32.5 Å². The molecule has 0 fully saturated rings. The quantitative estimate of drug-likeness (QED) is 0.876. The first kappa shape index (κ1) is 17.0. The molecule has 1 aromatic rings. The van der Waals surface area contributed by atoms with Gasteiger partial charge in [0.2, 0.25) is 5.91 Å². The molecule has 2 atom stereocenters. The van der Waals surface area contributed by atoms with Gasteiger partial charge in [0, 0.05) is 5.56 Å². The number of rotatable bonds is 5. The third-order valence-corrected chi connectivity index (χ3v) is 3.28. The van der Waals surface area contributed by atoms with Crippen molar-refractivity contribution in [1.82, 2.24) is 5.32 Å². The van der Waals surface area contributed by atoms with Gasteiger partial charge in [-0.05, 0) is 30.2 Å². The molecule has 0 radical (unpaired) electrons. The predicted molar refractivity (Wildman–Crippen MR) is 71.3 cm³/mol. The maximum absolute atomic E-state index is 12.4. The maximum atomic E-state index is 12.4. The van der Waals surface area contributed by atoms with Crippen LogP contribution in [0.1, 0.15) is 36.2 Å². The van der Waals surface area contributed by atoms with Crippen LogP contribution in [-0.2, 0) is 11.0 Å². The molecule has 21 heavy (non-hydrogen) atoms. The molecule has 7 heteroatoms. The zero-order valence-corrected chi connectivity index (χ0v) is 11.7. The van der Waals surface area contributed by atoms with E-state index in [0.717, 1.165) is 24.3 Å². The minimum absolute atomic E-state index is 0.0394. The van der Waals surface area contributed by atoms with E-state index in [1.807, 2.05) is 6.92 Å². The number of amides is 2. The number of benzene rings is 1. The summed E-state index contributed by atoms with van der Waals surface area (Å²) in [5, 5.41) is 2.45. The molecule has 3 N–H and O–H groups in total. The lowest BCUT2D eigenvalue weighted by Crippen LogP contribution is -2.48. The lowest BCUT2D eigenvalue weighted by atomic mass is 9.98. The van der Waals surface area contributed by atoms with Gasteiger partial charge in [-0.1, -0.05) is 20.3 Å². The Morgan fingerprint density at radius 3 is 2.14 bits per heavy atom. The summed E-state index contributed by atoms with van der Waals surface area (Å²) in [5.74, 6) is -1.47. The molecule has 0 aromatic heterocycles. The van der Waals surface area contributed by atoms with Crippen LogP contribution in [0.2, 0.25) is 0 Å². The van der Waals surface area contributed by atoms with E-state index in [0.29, 0.717) is 6.42 Å². The van der Waals surface area contributed by atoms with Crippen molar-refractivity contribution < 1.29 is 22.8 Å². The van der Waals surface area contributed by atoms with Crippen LogP contribution in [0.25, 0.3) is 0 Å². The first-order valence-electron chi connectivity index (χ1n) is 6.44. The fourth-order valence-corrected chi connectivity index (χ4v) is 1.76. The van der Waals surface area contributed by atoms with E-state index in [4.69, 9.17) is 5.73 Å². The van der Waals surface area contributed by atoms with Crippen LogP contribution >= 0.6 is 0 Å². The van der Waals surface area contributed by atoms with Crippen LogP contribution in [0.4, 0.5) is 13.2 Å². The molecular formula is C14H17F3N2O2. The molecule has 0 aliphatic rings. The molecular weight excluding hydrogens is 285 g/mol. The number of nitrogens with one attached hydrogen (secondary N) is 1. The molecule has 0 aliphatic heterocycles. The molecule has 0 spiro atoms. The molecule has 0 unspecified atom stereocenters.